The van der Waals surface area contributed by atoms with E-state index in [1.54, 1.807) is 19.0 Å². The van der Waals surface area contributed by atoms with Gasteiger partial charge >= 0.3 is 0 Å². The van der Waals surface area contributed by atoms with Gasteiger partial charge in [-0.25, -0.2) is 0 Å². The molecule has 0 bridgehead atoms. The summed E-state index contributed by atoms with van der Waals surface area (Å²) in [6, 6.07) is 5.69. The normalized spacial score (nSPS) is 9.79. The van der Waals surface area contributed by atoms with Gasteiger partial charge in [0.05, 0.1) is 6.54 Å². The minimum absolute atomic E-state index is 0.0288. The fourth-order valence-corrected chi connectivity index (χ4v) is 1.82. The number of rotatable bonds is 6. The Hall–Kier alpha value is -1.51. The number of amides is 1. The molecular formula is C14H17BrN2O2. The van der Waals surface area contributed by atoms with Gasteiger partial charge in [-0.1, -0.05) is 21.9 Å². The molecule has 102 valence electrons. The van der Waals surface area contributed by atoms with Crippen LogP contribution in [0.3, 0.4) is 0 Å². The molecule has 0 atom stereocenters. The van der Waals surface area contributed by atoms with Crippen molar-refractivity contribution in [2.45, 2.75) is 6.54 Å². The number of carbonyl (C=O) groups excluding carboxylic acids is 1. The Morgan fingerprint density at radius 2 is 2.26 bits per heavy atom. The second-order valence-corrected chi connectivity index (χ2v) is 5.05. The predicted octanol–water partition coefficient (Wildman–Crippen LogP) is 1.64. The highest BCUT2D eigenvalue weighted by Gasteiger charge is 2.07. The largest absolute Gasteiger partial charge is 0.481 e. The van der Waals surface area contributed by atoms with Crippen molar-refractivity contribution in [3.63, 3.8) is 0 Å². The number of benzene rings is 1. The highest BCUT2D eigenvalue weighted by atomic mass is 79.9. The van der Waals surface area contributed by atoms with Crippen molar-refractivity contribution in [2.24, 2.45) is 0 Å². The number of hydrogen-bond acceptors (Lipinski definition) is 3. The van der Waals surface area contributed by atoms with Gasteiger partial charge < -0.3 is 15.0 Å². The molecule has 0 spiro atoms. The molecule has 1 N–H and O–H groups in total. The van der Waals surface area contributed by atoms with Crippen molar-refractivity contribution in [3.05, 3.63) is 28.2 Å². The Morgan fingerprint density at radius 1 is 1.53 bits per heavy atom. The van der Waals surface area contributed by atoms with E-state index in [1.807, 2.05) is 18.2 Å². The van der Waals surface area contributed by atoms with Crippen LogP contribution >= 0.6 is 15.9 Å². The fraction of sp³-hybridized carbons (Fsp3) is 0.357. The number of carbonyl (C=O) groups is 1. The van der Waals surface area contributed by atoms with Gasteiger partial charge in [-0.05, 0) is 18.2 Å². The van der Waals surface area contributed by atoms with Crippen LogP contribution in [0.25, 0.3) is 0 Å². The third-order valence-electron chi connectivity index (χ3n) is 2.42. The summed E-state index contributed by atoms with van der Waals surface area (Å²) in [6.07, 6.45) is 5.18. The highest BCUT2D eigenvalue weighted by Crippen LogP contribution is 2.23. The zero-order valence-corrected chi connectivity index (χ0v) is 12.7. The molecule has 0 saturated heterocycles. The van der Waals surface area contributed by atoms with E-state index in [-0.39, 0.29) is 19.1 Å². The number of terminal acetylenes is 1. The maximum absolute atomic E-state index is 11.5. The van der Waals surface area contributed by atoms with Crippen LogP contribution < -0.4 is 10.1 Å². The van der Waals surface area contributed by atoms with Crippen molar-refractivity contribution in [1.82, 2.24) is 10.2 Å². The molecule has 0 heterocycles. The number of likely N-dealkylation sites (N-methyl/N-ethyl adjacent to an activating group) is 1. The number of halogens is 1. The van der Waals surface area contributed by atoms with Crippen molar-refractivity contribution in [1.29, 1.82) is 0 Å². The second kappa shape index (κ2) is 7.82. The lowest BCUT2D eigenvalue weighted by Gasteiger charge is -2.13. The molecule has 0 saturated carbocycles. The van der Waals surface area contributed by atoms with Crippen molar-refractivity contribution in [2.75, 3.05) is 27.2 Å². The first-order valence-corrected chi connectivity index (χ1v) is 6.59. The van der Waals surface area contributed by atoms with E-state index >= 15 is 0 Å². The van der Waals surface area contributed by atoms with Gasteiger partial charge in [-0.3, -0.25) is 4.79 Å². The summed E-state index contributed by atoms with van der Waals surface area (Å²) in [5.41, 5.74) is 0.955. The second-order valence-electron chi connectivity index (χ2n) is 4.14. The quantitative estimate of drug-likeness (QED) is 0.809. The molecule has 1 aromatic carbocycles. The van der Waals surface area contributed by atoms with Gasteiger partial charge in [-0.2, -0.15) is 0 Å². The molecular weight excluding hydrogens is 308 g/mol. The first-order chi connectivity index (χ1) is 9.04. The summed E-state index contributed by atoms with van der Waals surface area (Å²) >= 11 is 3.41. The standard InChI is InChI=1S/C14H17BrN2O2/c1-4-7-19-13-6-5-12(15)8-11(13)9-16-10-14(18)17(2)3/h1,5-6,8,16H,7,9-10H2,2-3H3. The molecule has 4 nitrogen and oxygen atoms in total. The molecule has 1 aromatic rings. The van der Waals surface area contributed by atoms with E-state index in [1.165, 1.54) is 0 Å². The minimum Gasteiger partial charge on any atom is -0.481 e. The molecule has 1 rings (SSSR count). The van der Waals surface area contributed by atoms with Crippen LogP contribution in [-0.4, -0.2) is 38.1 Å². The topological polar surface area (TPSA) is 41.6 Å². The summed E-state index contributed by atoms with van der Waals surface area (Å²) in [5.74, 6) is 3.19. The van der Waals surface area contributed by atoms with Crippen LogP contribution in [0.2, 0.25) is 0 Å². The lowest BCUT2D eigenvalue weighted by Crippen LogP contribution is -2.32. The Morgan fingerprint density at radius 3 is 2.89 bits per heavy atom. The van der Waals surface area contributed by atoms with Crippen LogP contribution in [0.4, 0.5) is 0 Å². The molecule has 0 aliphatic carbocycles. The van der Waals surface area contributed by atoms with E-state index in [0.717, 1.165) is 15.8 Å². The maximum atomic E-state index is 11.5. The fourth-order valence-electron chi connectivity index (χ4n) is 1.41. The number of ether oxygens (including phenoxy) is 1. The summed E-state index contributed by atoms with van der Waals surface area (Å²) in [7, 11) is 3.45. The molecule has 0 unspecified atom stereocenters. The zero-order valence-electron chi connectivity index (χ0n) is 11.1. The van der Waals surface area contributed by atoms with Crippen LogP contribution in [0.15, 0.2) is 22.7 Å². The van der Waals surface area contributed by atoms with E-state index < -0.39 is 0 Å². The summed E-state index contributed by atoms with van der Waals surface area (Å²) in [5, 5.41) is 3.08. The van der Waals surface area contributed by atoms with Crippen LogP contribution in [0.5, 0.6) is 5.75 Å². The predicted molar refractivity (Wildman–Crippen MR) is 78.9 cm³/mol. The van der Waals surface area contributed by atoms with Gasteiger partial charge in [-0.15, -0.1) is 6.42 Å². The lowest BCUT2D eigenvalue weighted by atomic mass is 10.2. The molecule has 0 aliphatic heterocycles. The summed E-state index contributed by atoms with van der Waals surface area (Å²) in [4.78, 5) is 13.0. The summed E-state index contributed by atoms with van der Waals surface area (Å²) in [6.45, 7) is 1.05. The Bertz CT molecular complexity index is 481. The van der Waals surface area contributed by atoms with Gasteiger partial charge in [0.2, 0.25) is 5.91 Å². The van der Waals surface area contributed by atoms with Crippen LogP contribution in [-0.2, 0) is 11.3 Å². The van der Waals surface area contributed by atoms with Crippen molar-refractivity contribution in [3.8, 4) is 18.1 Å². The molecule has 0 aliphatic rings. The van der Waals surface area contributed by atoms with Crippen molar-refractivity contribution >= 4 is 21.8 Å². The molecule has 0 fully saturated rings. The average molecular weight is 325 g/mol. The van der Waals surface area contributed by atoms with E-state index in [9.17, 15) is 4.79 Å². The minimum atomic E-state index is 0.0288. The molecule has 19 heavy (non-hydrogen) atoms. The van der Waals surface area contributed by atoms with Crippen LogP contribution in [0, 0.1) is 12.3 Å². The average Bonchev–Trinajstić information content (AvgIpc) is 2.37. The molecule has 0 radical (unpaired) electrons. The maximum Gasteiger partial charge on any atom is 0.236 e. The van der Waals surface area contributed by atoms with Gasteiger partial charge in [0.15, 0.2) is 0 Å². The highest BCUT2D eigenvalue weighted by molar-refractivity contribution is 9.10. The monoisotopic (exact) mass is 324 g/mol. The molecule has 1 amide bonds. The summed E-state index contributed by atoms with van der Waals surface area (Å²) < 4.78 is 6.41. The first-order valence-electron chi connectivity index (χ1n) is 5.80. The van der Waals surface area contributed by atoms with E-state index in [2.05, 4.69) is 27.2 Å². The first kappa shape index (κ1) is 15.5. The van der Waals surface area contributed by atoms with Crippen molar-refractivity contribution < 1.29 is 9.53 Å². The molecule has 5 heteroatoms. The third kappa shape index (κ3) is 5.33. The van der Waals surface area contributed by atoms with Gasteiger partial charge in [0, 0.05) is 30.7 Å². The third-order valence-corrected chi connectivity index (χ3v) is 2.92. The smallest absolute Gasteiger partial charge is 0.236 e. The Labute approximate surface area is 122 Å². The van der Waals surface area contributed by atoms with Gasteiger partial charge in [0.25, 0.3) is 0 Å². The zero-order chi connectivity index (χ0) is 14.3. The number of nitrogens with zero attached hydrogens (tertiary/aromatic N) is 1. The number of hydrogen-bond donors (Lipinski definition) is 1. The Balaban J connectivity index is 2.63. The molecule has 0 aromatic heterocycles. The number of nitrogens with one attached hydrogen (secondary N) is 1. The van der Waals surface area contributed by atoms with E-state index in [4.69, 9.17) is 11.2 Å². The van der Waals surface area contributed by atoms with E-state index in [0.29, 0.717) is 6.54 Å². The lowest BCUT2D eigenvalue weighted by molar-refractivity contribution is -0.127. The van der Waals surface area contributed by atoms with Crippen LogP contribution in [0.1, 0.15) is 5.56 Å². The SMILES string of the molecule is C#CCOc1ccc(Br)cc1CNCC(=O)N(C)C. The van der Waals surface area contributed by atoms with Gasteiger partial charge in [0.1, 0.15) is 12.4 Å². The Kier molecular flexibility index (Phi) is 6.40.